The van der Waals surface area contributed by atoms with E-state index >= 15 is 0 Å². The Morgan fingerprint density at radius 3 is 2.71 bits per heavy atom. The van der Waals surface area contributed by atoms with Crippen molar-refractivity contribution in [3.63, 3.8) is 0 Å². The number of phenols is 1. The molecule has 0 aliphatic rings. The van der Waals surface area contributed by atoms with Crippen LogP contribution in [-0.2, 0) is 11.2 Å². The smallest absolute Gasteiger partial charge is 0.261 e. The van der Waals surface area contributed by atoms with Crippen molar-refractivity contribution in [2.45, 2.75) is 6.42 Å². The number of amides is 1. The fraction of sp³-hybridized carbons (Fsp3) is 0.111. The summed E-state index contributed by atoms with van der Waals surface area (Å²) in [5.74, 6) is -0.411. The lowest BCUT2D eigenvalue weighted by atomic mass is 10.1. The number of benzene rings is 2. The van der Waals surface area contributed by atoms with Gasteiger partial charge in [-0.2, -0.15) is 5.26 Å². The normalized spacial score (nSPS) is 11.0. The maximum atomic E-state index is 12.2. The van der Waals surface area contributed by atoms with E-state index in [1.807, 2.05) is 59.0 Å². The molecule has 0 aromatic heterocycles. The molecular weight excluding hydrogens is 483 g/mol. The van der Waals surface area contributed by atoms with E-state index in [0.717, 1.165) is 10.0 Å². The topological polar surface area (TPSA) is 73.1 Å². The average Bonchev–Trinajstić information content (AvgIpc) is 2.57. The highest BCUT2D eigenvalue weighted by molar-refractivity contribution is 14.1. The molecule has 0 radical (unpaired) electrons. The van der Waals surface area contributed by atoms with Gasteiger partial charge in [-0.15, -0.1) is 0 Å². The number of hydrogen-bond donors (Lipinski definition) is 2. The third-order valence-electron chi connectivity index (χ3n) is 3.26. The fourth-order valence-electron chi connectivity index (χ4n) is 2.06. The molecule has 0 spiro atoms. The van der Waals surface area contributed by atoms with Crippen LogP contribution in [0.2, 0.25) is 0 Å². The van der Waals surface area contributed by atoms with Gasteiger partial charge in [-0.25, -0.2) is 0 Å². The molecule has 1 amide bonds. The second-order valence-corrected chi connectivity index (χ2v) is 7.06. The highest BCUT2D eigenvalue weighted by atomic mass is 127. The Bertz CT molecular complexity index is 814. The van der Waals surface area contributed by atoms with Gasteiger partial charge in [-0.05, 0) is 52.8 Å². The first kappa shape index (κ1) is 18.5. The molecule has 0 heterocycles. The summed E-state index contributed by atoms with van der Waals surface area (Å²) in [6.45, 7) is 0.434. The molecule has 122 valence electrons. The summed E-state index contributed by atoms with van der Waals surface area (Å²) in [6, 6.07) is 15.1. The fourth-order valence-corrected chi connectivity index (χ4v) is 3.61. The predicted molar refractivity (Wildman–Crippen MR) is 105 cm³/mol. The van der Waals surface area contributed by atoms with E-state index in [2.05, 4.69) is 21.2 Å². The Kier molecular flexibility index (Phi) is 6.82. The summed E-state index contributed by atoms with van der Waals surface area (Å²) in [5, 5.41) is 22.0. The number of carbonyl (C=O) groups excluding carboxylic acids is 1. The average molecular weight is 497 g/mol. The van der Waals surface area contributed by atoms with Crippen molar-refractivity contribution in [3.8, 4) is 11.8 Å². The van der Waals surface area contributed by atoms with E-state index in [1.165, 1.54) is 6.08 Å². The molecule has 0 aliphatic carbocycles. The zero-order chi connectivity index (χ0) is 17.5. The highest BCUT2D eigenvalue weighted by Gasteiger charge is 2.12. The molecule has 24 heavy (non-hydrogen) atoms. The first-order chi connectivity index (χ1) is 11.5. The number of phenolic OH excluding ortho intramolecular Hbond substituents is 1. The van der Waals surface area contributed by atoms with E-state index in [-0.39, 0.29) is 11.3 Å². The first-order valence-electron chi connectivity index (χ1n) is 7.13. The van der Waals surface area contributed by atoms with Crippen LogP contribution in [-0.4, -0.2) is 17.6 Å². The molecule has 0 atom stereocenters. The number of nitrogens with zero attached hydrogens (tertiary/aromatic N) is 1. The summed E-state index contributed by atoms with van der Waals surface area (Å²) in [6.07, 6.45) is 2.07. The summed E-state index contributed by atoms with van der Waals surface area (Å²) in [7, 11) is 0. The van der Waals surface area contributed by atoms with Crippen molar-refractivity contribution in [3.05, 3.63) is 67.2 Å². The molecule has 0 bridgehead atoms. The minimum atomic E-state index is -0.456. The van der Waals surface area contributed by atoms with Gasteiger partial charge in [0.2, 0.25) is 0 Å². The molecule has 2 N–H and O–H groups in total. The van der Waals surface area contributed by atoms with Gasteiger partial charge < -0.3 is 10.4 Å². The molecule has 4 nitrogen and oxygen atoms in total. The van der Waals surface area contributed by atoms with Crippen LogP contribution in [0, 0.1) is 14.9 Å². The highest BCUT2D eigenvalue weighted by Crippen LogP contribution is 2.30. The zero-order valence-electron chi connectivity index (χ0n) is 12.6. The maximum absolute atomic E-state index is 12.2. The molecule has 6 heteroatoms. The van der Waals surface area contributed by atoms with Crippen molar-refractivity contribution < 1.29 is 9.90 Å². The van der Waals surface area contributed by atoms with Crippen molar-refractivity contribution in [1.29, 1.82) is 5.26 Å². The van der Waals surface area contributed by atoms with Crippen molar-refractivity contribution in [2.24, 2.45) is 0 Å². The summed E-state index contributed by atoms with van der Waals surface area (Å²) >= 11 is 5.32. The van der Waals surface area contributed by atoms with Crippen LogP contribution >= 0.6 is 38.5 Å². The van der Waals surface area contributed by atoms with Gasteiger partial charge in [0, 0.05) is 16.6 Å². The van der Waals surface area contributed by atoms with Gasteiger partial charge >= 0.3 is 0 Å². The Balaban J connectivity index is 2.08. The van der Waals surface area contributed by atoms with E-state index in [4.69, 9.17) is 0 Å². The van der Waals surface area contributed by atoms with E-state index < -0.39 is 5.91 Å². The minimum absolute atomic E-state index is 0.0450. The zero-order valence-corrected chi connectivity index (χ0v) is 16.3. The van der Waals surface area contributed by atoms with Gasteiger partial charge in [0.25, 0.3) is 5.91 Å². The number of nitrogens with one attached hydrogen (secondary N) is 1. The van der Waals surface area contributed by atoms with E-state index in [0.29, 0.717) is 22.1 Å². The van der Waals surface area contributed by atoms with Gasteiger partial charge in [-0.3, -0.25) is 4.79 Å². The van der Waals surface area contributed by atoms with Gasteiger partial charge in [0.1, 0.15) is 17.4 Å². The van der Waals surface area contributed by atoms with Crippen LogP contribution in [0.25, 0.3) is 6.08 Å². The SMILES string of the molecule is N#C/C(=C\c1cc(Br)cc(I)c1O)C(=O)NCCc1ccccc1. The van der Waals surface area contributed by atoms with Gasteiger partial charge in [0.05, 0.1) is 3.57 Å². The number of aromatic hydroxyl groups is 1. The molecule has 0 aliphatic heterocycles. The van der Waals surface area contributed by atoms with Crippen LogP contribution in [0.15, 0.2) is 52.5 Å². The number of rotatable bonds is 5. The van der Waals surface area contributed by atoms with E-state index in [1.54, 1.807) is 12.1 Å². The number of carbonyl (C=O) groups is 1. The Morgan fingerprint density at radius 1 is 1.33 bits per heavy atom. The first-order valence-corrected chi connectivity index (χ1v) is 9.00. The standard InChI is InChI=1S/C18H14BrIN2O2/c19-15-9-13(17(23)16(20)10-15)8-14(11-21)18(24)22-7-6-12-4-2-1-3-5-12/h1-5,8-10,23H,6-7H2,(H,22,24)/b14-8+. The molecule has 0 saturated carbocycles. The molecule has 0 saturated heterocycles. The molecule has 2 rings (SSSR count). The van der Waals surface area contributed by atoms with Crippen LogP contribution in [0.3, 0.4) is 0 Å². The van der Waals surface area contributed by atoms with Crippen molar-refractivity contribution in [1.82, 2.24) is 5.32 Å². The quantitative estimate of drug-likeness (QED) is 0.373. The van der Waals surface area contributed by atoms with Gasteiger partial charge in [-0.1, -0.05) is 46.3 Å². The lowest BCUT2D eigenvalue weighted by Crippen LogP contribution is -2.26. The molecule has 0 unspecified atom stereocenters. The molecule has 2 aromatic rings. The van der Waals surface area contributed by atoms with Crippen LogP contribution in [0.5, 0.6) is 5.75 Å². The third-order valence-corrected chi connectivity index (χ3v) is 4.54. The van der Waals surface area contributed by atoms with Crippen LogP contribution in [0.4, 0.5) is 0 Å². The second-order valence-electron chi connectivity index (χ2n) is 4.99. The predicted octanol–water partition coefficient (Wildman–Crippen LogP) is 4.03. The summed E-state index contributed by atoms with van der Waals surface area (Å²) < 4.78 is 1.40. The summed E-state index contributed by atoms with van der Waals surface area (Å²) in [4.78, 5) is 12.2. The van der Waals surface area contributed by atoms with Crippen molar-refractivity contribution in [2.75, 3.05) is 6.54 Å². The molecular formula is C18H14BrIN2O2. The number of nitriles is 1. The molecule has 0 fully saturated rings. The number of hydrogen-bond acceptors (Lipinski definition) is 3. The minimum Gasteiger partial charge on any atom is -0.506 e. The maximum Gasteiger partial charge on any atom is 0.261 e. The van der Waals surface area contributed by atoms with Crippen molar-refractivity contribution >= 4 is 50.5 Å². The number of halogens is 2. The second kappa shape index (κ2) is 8.85. The van der Waals surface area contributed by atoms with Crippen LogP contribution in [0.1, 0.15) is 11.1 Å². The molecule has 2 aromatic carbocycles. The van der Waals surface area contributed by atoms with Gasteiger partial charge in [0.15, 0.2) is 0 Å². The van der Waals surface area contributed by atoms with E-state index in [9.17, 15) is 15.2 Å². The summed E-state index contributed by atoms with van der Waals surface area (Å²) in [5.41, 5.74) is 1.48. The Morgan fingerprint density at radius 2 is 2.04 bits per heavy atom. The Labute approximate surface area is 162 Å². The monoisotopic (exact) mass is 496 g/mol. The lowest BCUT2D eigenvalue weighted by molar-refractivity contribution is -0.117. The Hall–Kier alpha value is -1.85. The van der Waals surface area contributed by atoms with Crippen LogP contribution < -0.4 is 5.32 Å². The largest absolute Gasteiger partial charge is 0.506 e. The third kappa shape index (κ3) is 5.08. The lowest BCUT2D eigenvalue weighted by Gasteiger charge is -2.06.